The standard InChI is InChI=1S/C13H26N4/c1-4-7-11(8-5-2)13(16-14)12-9-15-17(6-3)10-12/h9-11,13,16H,4-8,14H2,1-3H3. The predicted octanol–water partition coefficient (Wildman–Crippen LogP) is 2.62. The second kappa shape index (κ2) is 7.45. The molecule has 3 N–H and O–H groups in total. The van der Waals surface area contributed by atoms with Gasteiger partial charge in [0.25, 0.3) is 0 Å². The van der Waals surface area contributed by atoms with Crippen molar-refractivity contribution >= 4 is 0 Å². The molecule has 0 aliphatic heterocycles. The van der Waals surface area contributed by atoms with Crippen LogP contribution in [-0.2, 0) is 6.54 Å². The molecule has 1 rings (SSSR count). The number of hydrogen-bond donors (Lipinski definition) is 2. The van der Waals surface area contributed by atoms with Crippen LogP contribution in [0.1, 0.15) is 58.1 Å². The van der Waals surface area contributed by atoms with Gasteiger partial charge in [-0.25, -0.2) is 0 Å². The summed E-state index contributed by atoms with van der Waals surface area (Å²) < 4.78 is 1.95. The van der Waals surface area contributed by atoms with Crippen LogP contribution < -0.4 is 11.3 Å². The molecule has 0 aromatic carbocycles. The molecule has 17 heavy (non-hydrogen) atoms. The van der Waals surface area contributed by atoms with Gasteiger partial charge in [0.1, 0.15) is 0 Å². The highest BCUT2D eigenvalue weighted by atomic mass is 15.3. The van der Waals surface area contributed by atoms with Crippen molar-refractivity contribution in [2.75, 3.05) is 0 Å². The zero-order chi connectivity index (χ0) is 12.7. The highest BCUT2D eigenvalue weighted by Gasteiger charge is 2.21. The van der Waals surface area contributed by atoms with Crippen LogP contribution in [0.2, 0.25) is 0 Å². The lowest BCUT2D eigenvalue weighted by Gasteiger charge is -2.25. The van der Waals surface area contributed by atoms with E-state index in [-0.39, 0.29) is 6.04 Å². The smallest absolute Gasteiger partial charge is 0.0538 e. The topological polar surface area (TPSA) is 55.9 Å². The number of hydrogen-bond acceptors (Lipinski definition) is 3. The highest BCUT2D eigenvalue weighted by molar-refractivity contribution is 5.11. The molecule has 1 unspecified atom stereocenters. The van der Waals surface area contributed by atoms with Gasteiger partial charge in [0, 0.05) is 18.3 Å². The van der Waals surface area contributed by atoms with E-state index < -0.39 is 0 Å². The third kappa shape index (κ3) is 3.82. The molecule has 0 fully saturated rings. The fourth-order valence-electron chi connectivity index (χ4n) is 2.44. The van der Waals surface area contributed by atoms with E-state index in [2.05, 4.69) is 37.5 Å². The molecule has 0 radical (unpaired) electrons. The SMILES string of the molecule is CCCC(CCC)C(NN)c1cnn(CC)c1. The van der Waals surface area contributed by atoms with Crippen LogP contribution >= 0.6 is 0 Å². The molecule has 0 amide bonds. The zero-order valence-corrected chi connectivity index (χ0v) is 11.3. The van der Waals surface area contributed by atoms with Crippen molar-refractivity contribution < 1.29 is 0 Å². The van der Waals surface area contributed by atoms with Gasteiger partial charge in [-0.1, -0.05) is 26.7 Å². The Labute approximate surface area is 105 Å². The Balaban J connectivity index is 2.79. The average molecular weight is 238 g/mol. The molecule has 0 saturated carbocycles. The Hall–Kier alpha value is -0.870. The van der Waals surface area contributed by atoms with Crippen molar-refractivity contribution in [2.45, 2.75) is 59.0 Å². The normalized spacial score (nSPS) is 13.2. The van der Waals surface area contributed by atoms with Crippen molar-refractivity contribution in [2.24, 2.45) is 11.8 Å². The molecule has 1 aromatic rings. The number of rotatable bonds is 8. The van der Waals surface area contributed by atoms with Crippen molar-refractivity contribution in [1.82, 2.24) is 15.2 Å². The lowest BCUT2D eigenvalue weighted by molar-refractivity contribution is 0.319. The molecule has 0 saturated heterocycles. The Morgan fingerprint density at radius 1 is 1.29 bits per heavy atom. The fraction of sp³-hybridized carbons (Fsp3) is 0.769. The molecule has 0 aliphatic rings. The summed E-state index contributed by atoms with van der Waals surface area (Å²) in [6, 6.07) is 0.232. The summed E-state index contributed by atoms with van der Waals surface area (Å²) in [6.07, 6.45) is 8.85. The van der Waals surface area contributed by atoms with E-state index in [1.165, 1.54) is 31.2 Å². The molecular formula is C13H26N4. The molecular weight excluding hydrogens is 212 g/mol. The zero-order valence-electron chi connectivity index (χ0n) is 11.3. The van der Waals surface area contributed by atoms with E-state index in [1.807, 2.05) is 10.9 Å². The fourth-order valence-corrected chi connectivity index (χ4v) is 2.44. The maximum Gasteiger partial charge on any atom is 0.0538 e. The first-order valence-electron chi connectivity index (χ1n) is 6.75. The van der Waals surface area contributed by atoms with E-state index >= 15 is 0 Å². The van der Waals surface area contributed by atoms with Crippen LogP contribution in [0.4, 0.5) is 0 Å². The number of aromatic nitrogens is 2. The van der Waals surface area contributed by atoms with Crippen LogP contribution in [0, 0.1) is 5.92 Å². The van der Waals surface area contributed by atoms with Gasteiger partial charge >= 0.3 is 0 Å². The Morgan fingerprint density at radius 2 is 1.94 bits per heavy atom. The minimum atomic E-state index is 0.232. The monoisotopic (exact) mass is 238 g/mol. The molecule has 0 bridgehead atoms. The Morgan fingerprint density at radius 3 is 2.35 bits per heavy atom. The summed E-state index contributed by atoms with van der Waals surface area (Å²) in [7, 11) is 0. The van der Waals surface area contributed by atoms with Gasteiger partial charge in [-0.2, -0.15) is 5.10 Å². The maximum absolute atomic E-state index is 5.73. The van der Waals surface area contributed by atoms with Crippen molar-refractivity contribution in [3.05, 3.63) is 18.0 Å². The Bertz CT molecular complexity index is 302. The van der Waals surface area contributed by atoms with Gasteiger partial charge in [-0.05, 0) is 25.7 Å². The van der Waals surface area contributed by atoms with Gasteiger partial charge in [-0.15, -0.1) is 0 Å². The van der Waals surface area contributed by atoms with E-state index in [1.54, 1.807) is 0 Å². The predicted molar refractivity (Wildman–Crippen MR) is 71.3 cm³/mol. The molecule has 1 aromatic heterocycles. The van der Waals surface area contributed by atoms with Crippen LogP contribution in [-0.4, -0.2) is 9.78 Å². The minimum Gasteiger partial charge on any atom is -0.273 e. The van der Waals surface area contributed by atoms with Gasteiger partial charge in [0.05, 0.1) is 12.2 Å². The summed E-state index contributed by atoms with van der Waals surface area (Å²) in [5, 5.41) is 4.33. The maximum atomic E-state index is 5.73. The van der Waals surface area contributed by atoms with E-state index in [0.717, 1.165) is 6.54 Å². The van der Waals surface area contributed by atoms with Crippen LogP contribution in [0.15, 0.2) is 12.4 Å². The third-order valence-electron chi connectivity index (χ3n) is 3.31. The lowest BCUT2D eigenvalue weighted by Crippen LogP contribution is -2.33. The second-order valence-corrected chi connectivity index (χ2v) is 4.61. The summed E-state index contributed by atoms with van der Waals surface area (Å²) in [4.78, 5) is 0. The number of aryl methyl sites for hydroxylation is 1. The van der Waals surface area contributed by atoms with Gasteiger partial charge in [0.2, 0.25) is 0 Å². The van der Waals surface area contributed by atoms with Crippen molar-refractivity contribution in [1.29, 1.82) is 0 Å². The summed E-state index contributed by atoms with van der Waals surface area (Å²) in [5.74, 6) is 6.33. The van der Waals surface area contributed by atoms with Gasteiger partial charge in [-0.3, -0.25) is 16.0 Å². The first kappa shape index (κ1) is 14.2. The minimum absolute atomic E-state index is 0.232. The van der Waals surface area contributed by atoms with Gasteiger partial charge < -0.3 is 0 Å². The number of hydrazine groups is 1. The van der Waals surface area contributed by atoms with E-state index in [9.17, 15) is 0 Å². The quantitative estimate of drug-likeness (QED) is 0.540. The van der Waals surface area contributed by atoms with Gasteiger partial charge in [0.15, 0.2) is 0 Å². The van der Waals surface area contributed by atoms with Crippen LogP contribution in [0.3, 0.4) is 0 Å². The lowest BCUT2D eigenvalue weighted by atomic mass is 9.88. The molecule has 0 aliphatic carbocycles. The summed E-state index contributed by atoms with van der Waals surface area (Å²) >= 11 is 0. The summed E-state index contributed by atoms with van der Waals surface area (Å²) in [6.45, 7) is 7.46. The molecule has 4 heteroatoms. The Kier molecular flexibility index (Phi) is 6.22. The number of nitrogens with two attached hydrogens (primary N) is 1. The van der Waals surface area contributed by atoms with E-state index in [4.69, 9.17) is 5.84 Å². The highest BCUT2D eigenvalue weighted by Crippen LogP contribution is 2.28. The van der Waals surface area contributed by atoms with Crippen LogP contribution in [0.25, 0.3) is 0 Å². The third-order valence-corrected chi connectivity index (χ3v) is 3.31. The molecule has 4 nitrogen and oxygen atoms in total. The largest absolute Gasteiger partial charge is 0.273 e. The molecule has 0 spiro atoms. The van der Waals surface area contributed by atoms with Crippen molar-refractivity contribution in [3.63, 3.8) is 0 Å². The first-order chi connectivity index (χ1) is 8.26. The first-order valence-corrected chi connectivity index (χ1v) is 6.75. The summed E-state index contributed by atoms with van der Waals surface area (Å²) in [5.41, 5.74) is 4.18. The number of nitrogens with zero attached hydrogens (tertiary/aromatic N) is 2. The average Bonchev–Trinajstić information content (AvgIpc) is 2.79. The van der Waals surface area contributed by atoms with Crippen molar-refractivity contribution in [3.8, 4) is 0 Å². The number of nitrogens with one attached hydrogen (secondary N) is 1. The molecule has 1 heterocycles. The molecule has 1 atom stereocenters. The van der Waals surface area contributed by atoms with Crippen LogP contribution in [0.5, 0.6) is 0 Å². The van der Waals surface area contributed by atoms with E-state index in [0.29, 0.717) is 5.92 Å². The second-order valence-electron chi connectivity index (χ2n) is 4.61. The molecule has 98 valence electrons.